The van der Waals surface area contributed by atoms with Crippen LogP contribution >= 0.6 is 11.3 Å². The lowest BCUT2D eigenvalue weighted by Gasteiger charge is -2.27. The third kappa shape index (κ3) is 4.90. The maximum atomic E-state index is 12.0. The Morgan fingerprint density at radius 1 is 1.42 bits per heavy atom. The number of nitrogens with one attached hydrogen (secondary N) is 2. The van der Waals surface area contributed by atoms with E-state index in [1.807, 2.05) is 24.4 Å². The Hall–Kier alpha value is -1.70. The first-order valence-corrected chi connectivity index (χ1v) is 9.29. The fourth-order valence-corrected chi connectivity index (χ4v) is 3.52. The minimum atomic E-state index is 0.0304. The molecule has 0 aliphatic carbocycles. The summed E-state index contributed by atoms with van der Waals surface area (Å²) in [5, 5.41) is 9.07. The molecule has 1 aliphatic rings. The highest BCUT2D eigenvalue weighted by molar-refractivity contribution is 7.13. The summed E-state index contributed by atoms with van der Waals surface area (Å²) in [6.45, 7) is 7.99. The topological polar surface area (TPSA) is 70.4 Å². The van der Waals surface area contributed by atoms with E-state index in [4.69, 9.17) is 4.42 Å². The lowest BCUT2D eigenvalue weighted by atomic mass is 10.3. The van der Waals surface area contributed by atoms with Gasteiger partial charge in [-0.15, -0.1) is 11.3 Å². The van der Waals surface area contributed by atoms with Gasteiger partial charge < -0.3 is 20.0 Å². The van der Waals surface area contributed by atoms with Gasteiger partial charge in [0.2, 0.25) is 5.91 Å². The highest BCUT2D eigenvalue weighted by Crippen LogP contribution is 2.25. The fraction of sp³-hybridized carbons (Fsp3) is 0.529. The standard InChI is InChI=1S/C17H24N4O2S/c1-13-3-4-15(23-13)17-20-14(12-24-17)11-16(22)19-5-2-8-21-9-6-18-7-10-21/h3-4,12,18H,2,5-11H2,1H3,(H,19,22). The number of hydrogen-bond acceptors (Lipinski definition) is 6. The van der Waals surface area contributed by atoms with Crippen LogP contribution < -0.4 is 10.6 Å². The third-order valence-corrected chi connectivity index (χ3v) is 4.93. The number of thiazole rings is 1. The van der Waals surface area contributed by atoms with E-state index in [2.05, 4.69) is 20.5 Å². The van der Waals surface area contributed by atoms with Crippen LogP contribution in [0.25, 0.3) is 10.8 Å². The zero-order chi connectivity index (χ0) is 16.8. The van der Waals surface area contributed by atoms with Gasteiger partial charge in [-0.25, -0.2) is 4.98 Å². The van der Waals surface area contributed by atoms with Crippen molar-refractivity contribution in [1.82, 2.24) is 20.5 Å². The molecule has 3 rings (SSSR count). The van der Waals surface area contributed by atoms with Gasteiger partial charge in [0.25, 0.3) is 0 Å². The average Bonchev–Trinajstić information content (AvgIpc) is 3.21. The van der Waals surface area contributed by atoms with Gasteiger partial charge in [0, 0.05) is 38.1 Å². The van der Waals surface area contributed by atoms with Gasteiger partial charge in [0.1, 0.15) is 5.76 Å². The molecule has 0 saturated carbocycles. The molecule has 6 nitrogen and oxygen atoms in total. The number of rotatable bonds is 7. The van der Waals surface area contributed by atoms with Crippen molar-refractivity contribution in [2.24, 2.45) is 0 Å². The highest BCUT2D eigenvalue weighted by atomic mass is 32.1. The summed E-state index contributed by atoms with van der Waals surface area (Å²) in [5.41, 5.74) is 0.795. The van der Waals surface area contributed by atoms with Crippen molar-refractivity contribution in [2.45, 2.75) is 19.8 Å². The number of piperazine rings is 1. The number of aryl methyl sites for hydroxylation is 1. The lowest BCUT2D eigenvalue weighted by Crippen LogP contribution is -2.44. The minimum absolute atomic E-state index is 0.0304. The molecule has 1 saturated heterocycles. The number of amides is 1. The van der Waals surface area contributed by atoms with Crippen LogP contribution in [0.3, 0.4) is 0 Å². The van der Waals surface area contributed by atoms with E-state index in [0.29, 0.717) is 6.42 Å². The molecule has 0 bridgehead atoms. The van der Waals surface area contributed by atoms with E-state index in [0.717, 1.165) is 67.9 Å². The van der Waals surface area contributed by atoms with Crippen molar-refractivity contribution in [2.75, 3.05) is 39.3 Å². The summed E-state index contributed by atoms with van der Waals surface area (Å²) in [5.74, 6) is 1.66. The van der Waals surface area contributed by atoms with Gasteiger partial charge in [-0.3, -0.25) is 4.79 Å². The molecule has 130 valence electrons. The maximum Gasteiger partial charge on any atom is 0.226 e. The summed E-state index contributed by atoms with van der Waals surface area (Å²) in [4.78, 5) is 18.9. The minimum Gasteiger partial charge on any atom is -0.459 e. The predicted molar refractivity (Wildman–Crippen MR) is 95.2 cm³/mol. The summed E-state index contributed by atoms with van der Waals surface area (Å²) >= 11 is 1.51. The molecule has 0 radical (unpaired) electrons. The van der Waals surface area contributed by atoms with Crippen molar-refractivity contribution < 1.29 is 9.21 Å². The first-order valence-electron chi connectivity index (χ1n) is 8.42. The molecule has 3 heterocycles. The quantitative estimate of drug-likeness (QED) is 0.745. The summed E-state index contributed by atoms with van der Waals surface area (Å²) in [6.07, 6.45) is 1.31. The average molecular weight is 348 g/mol. The van der Waals surface area contributed by atoms with Gasteiger partial charge in [-0.2, -0.15) is 0 Å². The van der Waals surface area contributed by atoms with E-state index in [1.54, 1.807) is 0 Å². The Bertz CT molecular complexity index is 661. The number of hydrogen-bond donors (Lipinski definition) is 2. The first-order chi connectivity index (χ1) is 11.7. The van der Waals surface area contributed by atoms with Crippen LogP contribution in [-0.4, -0.2) is 55.1 Å². The van der Waals surface area contributed by atoms with Crippen molar-refractivity contribution in [3.8, 4) is 10.8 Å². The largest absolute Gasteiger partial charge is 0.459 e. The molecule has 1 aliphatic heterocycles. The second-order valence-electron chi connectivity index (χ2n) is 6.03. The second-order valence-corrected chi connectivity index (χ2v) is 6.88. The molecule has 7 heteroatoms. The number of aromatic nitrogens is 1. The number of nitrogens with zero attached hydrogens (tertiary/aromatic N) is 2. The van der Waals surface area contributed by atoms with Gasteiger partial charge in [-0.05, 0) is 32.0 Å². The van der Waals surface area contributed by atoms with Gasteiger partial charge in [0.15, 0.2) is 10.8 Å². The molecule has 1 amide bonds. The van der Waals surface area contributed by atoms with E-state index in [-0.39, 0.29) is 5.91 Å². The van der Waals surface area contributed by atoms with Crippen LogP contribution in [0.2, 0.25) is 0 Å². The molecule has 0 atom stereocenters. The van der Waals surface area contributed by atoms with E-state index < -0.39 is 0 Å². The Balaban J connectivity index is 1.38. The molecule has 2 aromatic rings. The smallest absolute Gasteiger partial charge is 0.226 e. The molecular formula is C17H24N4O2S. The summed E-state index contributed by atoms with van der Waals surface area (Å²) in [7, 11) is 0. The van der Waals surface area contributed by atoms with Crippen LogP contribution in [0.5, 0.6) is 0 Å². The van der Waals surface area contributed by atoms with Crippen LogP contribution in [0.1, 0.15) is 17.9 Å². The molecule has 0 spiro atoms. The Morgan fingerprint density at radius 2 is 2.25 bits per heavy atom. The summed E-state index contributed by atoms with van der Waals surface area (Å²) < 4.78 is 5.56. The van der Waals surface area contributed by atoms with Crippen LogP contribution in [0.15, 0.2) is 21.9 Å². The molecule has 2 aromatic heterocycles. The van der Waals surface area contributed by atoms with Gasteiger partial charge in [0.05, 0.1) is 12.1 Å². The first kappa shape index (κ1) is 17.1. The second kappa shape index (κ2) is 8.41. The molecule has 24 heavy (non-hydrogen) atoms. The van der Waals surface area contributed by atoms with Crippen molar-refractivity contribution in [3.63, 3.8) is 0 Å². The zero-order valence-corrected chi connectivity index (χ0v) is 14.8. The third-order valence-electron chi connectivity index (χ3n) is 4.03. The molecule has 1 fully saturated rings. The molecule has 2 N–H and O–H groups in total. The van der Waals surface area contributed by atoms with E-state index >= 15 is 0 Å². The Morgan fingerprint density at radius 3 is 3.00 bits per heavy atom. The van der Waals surface area contributed by atoms with Crippen molar-refractivity contribution in [3.05, 3.63) is 29.0 Å². The van der Waals surface area contributed by atoms with Crippen molar-refractivity contribution >= 4 is 17.2 Å². The molecular weight excluding hydrogens is 324 g/mol. The normalized spacial score (nSPS) is 15.5. The monoisotopic (exact) mass is 348 g/mol. The Labute approximate surface area is 146 Å². The summed E-state index contributed by atoms with van der Waals surface area (Å²) in [6, 6.07) is 3.83. The lowest BCUT2D eigenvalue weighted by molar-refractivity contribution is -0.120. The maximum absolute atomic E-state index is 12.0. The molecule has 0 unspecified atom stereocenters. The number of carbonyl (C=O) groups excluding carboxylic acids is 1. The number of furan rings is 1. The predicted octanol–water partition coefficient (Wildman–Crippen LogP) is 1.67. The van der Waals surface area contributed by atoms with Crippen molar-refractivity contribution in [1.29, 1.82) is 0 Å². The van der Waals surface area contributed by atoms with Crippen LogP contribution in [0.4, 0.5) is 0 Å². The Kier molecular flexibility index (Phi) is 6.01. The van der Waals surface area contributed by atoms with Gasteiger partial charge in [-0.1, -0.05) is 0 Å². The zero-order valence-electron chi connectivity index (χ0n) is 14.0. The van der Waals surface area contributed by atoms with Gasteiger partial charge >= 0.3 is 0 Å². The number of carbonyl (C=O) groups is 1. The van der Waals surface area contributed by atoms with E-state index in [1.165, 1.54) is 11.3 Å². The van der Waals surface area contributed by atoms with Crippen LogP contribution in [-0.2, 0) is 11.2 Å². The van der Waals surface area contributed by atoms with Crippen LogP contribution in [0, 0.1) is 6.92 Å². The fourth-order valence-electron chi connectivity index (χ4n) is 2.74. The highest BCUT2D eigenvalue weighted by Gasteiger charge is 2.12. The SMILES string of the molecule is Cc1ccc(-c2nc(CC(=O)NCCCN3CCNCC3)cs2)o1. The molecule has 0 aromatic carbocycles. The van der Waals surface area contributed by atoms with E-state index in [9.17, 15) is 4.79 Å².